The summed E-state index contributed by atoms with van der Waals surface area (Å²) >= 11 is 0. The molecule has 0 aliphatic carbocycles. The third-order valence-electron chi connectivity index (χ3n) is 2.87. The quantitative estimate of drug-likeness (QED) is 0.628. The maximum atomic E-state index is 13.2. The van der Waals surface area contributed by atoms with Gasteiger partial charge in [-0.25, -0.2) is 4.39 Å². The molecule has 7 heteroatoms. The molecule has 6 nitrogen and oxygen atoms in total. The summed E-state index contributed by atoms with van der Waals surface area (Å²) in [5.74, 6) is -1.45. The van der Waals surface area contributed by atoms with Crippen molar-refractivity contribution in [2.45, 2.75) is 32.2 Å². The lowest BCUT2D eigenvalue weighted by molar-refractivity contribution is -0.386. The van der Waals surface area contributed by atoms with Gasteiger partial charge in [0.2, 0.25) is 0 Å². The number of nitrogens with zero attached hydrogens (tertiary/aromatic N) is 1. The first kappa shape index (κ1) is 14.7. The van der Waals surface area contributed by atoms with Gasteiger partial charge >= 0.3 is 5.69 Å². The molecule has 1 aliphatic heterocycles. The van der Waals surface area contributed by atoms with Crippen molar-refractivity contribution in [3.05, 3.63) is 34.1 Å². The summed E-state index contributed by atoms with van der Waals surface area (Å²) in [6.07, 6.45) is 0. The lowest BCUT2D eigenvalue weighted by Crippen LogP contribution is -2.37. The van der Waals surface area contributed by atoms with Crippen LogP contribution in [0.2, 0.25) is 0 Å². The number of nitro groups is 1. The summed E-state index contributed by atoms with van der Waals surface area (Å²) in [6, 6.07) is 3.08. The number of nitro benzene ring substituents is 1. The highest BCUT2D eigenvalue weighted by molar-refractivity contribution is 5.46. The van der Waals surface area contributed by atoms with Crippen molar-refractivity contribution in [2.24, 2.45) is 0 Å². The number of halogens is 1. The summed E-state index contributed by atoms with van der Waals surface area (Å²) in [7, 11) is 0. The van der Waals surface area contributed by atoms with Crippen molar-refractivity contribution < 1.29 is 23.5 Å². The fraction of sp³-hybridized carbons (Fsp3) is 0.538. The van der Waals surface area contributed by atoms with Gasteiger partial charge in [0.1, 0.15) is 18.0 Å². The SMILES string of the molecule is CC1(COc2cc(F)ccc2[N+](=O)[O-])COC(C)(C)O1. The van der Waals surface area contributed by atoms with Crippen LogP contribution in [-0.4, -0.2) is 29.5 Å². The zero-order valence-corrected chi connectivity index (χ0v) is 11.5. The van der Waals surface area contributed by atoms with Gasteiger partial charge in [0.05, 0.1) is 11.5 Å². The first-order valence-corrected chi connectivity index (χ1v) is 6.12. The van der Waals surface area contributed by atoms with E-state index in [0.29, 0.717) is 6.61 Å². The Morgan fingerprint density at radius 2 is 2.15 bits per heavy atom. The van der Waals surface area contributed by atoms with Crippen molar-refractivity contribution in [3.63, 3.8) is 0 Å². The Kier molecular flexibility index (Phi) is 3.66. The minimum Gasteiger partial charge on any atom is -0.484 e. The van der Waals surface area contributed by atoms with Gasteiger partial charge in [0.15, 0.2) is 11.5 Å². The molecule has 1 saturated heterocycles. The van der Waals surface area contributed by atoms with Gasteiger partial charge in [-0.15, -0.1) is 0 Å². The molecule has 1 heterocycles. The molecule has 20 heavy (non-hydrogen) atoms. The van der Waals surface area contributed by atoms with E-state index in [1.54, 1.807) is 20.8 Å². The lowest BCUT2D eigenvalue weighted by Gasteiger charge is -2.24. The fourth-order valence-electron chi connectivity index (χ4n) is 2.03. The monoisotopic (exact) mass is 285 g/mol. The number of hydrogen-bond acceptors (Lipinski definition) is 5. The maximum absolute atomic E-state index is 13.2. The number of hydrogen-bond donors (Lipinski definition) is 0. The Morgan fingerprint density at radius 3 is 2.70 bits per heavy atom. The number of benzene rings is 1. The molecule has 0 radical (unpaired) electrons. The van der Waals surface area contributed by atoms with Crippen LogP contribution >= 0.6 is 0 Å². The maximum Gasteiger partial charge on any atom is 0.311 e. The van der Waals surface area contributed by atoms with E-state index in [1.165, 1.54) is 0 Å². The largest absolute Gasteiger partial charge is 0.484 e. The van der Waals surface area contributed by atoms with Crippen LogP contribution in [0.5, 0.6) is 5.75 Å². The number of ether oxygens (including phenoxy) is 3. The molecule has 0 bridgehead atoms. The molecule has 0 spiro atoms. The first-order chi connectivity index (χ1) is 9.21. The Labute approximate surface area is 115 Å². The summed E-state index contributed by atoms with van der Waals surface area (Å²) in [4.78, 5) is 10.2. The molecule has 0 saturated carbocycles. The van der Waals surface area contributed by atoms with Crippen LogP contribution in [0, 0.1) is 15.9 Å². The van der Waals surface area contributed by atoms with Crippen molar-refractivity contribution in [3.8, 4) is 5.75 Å². The number of rotatable bonds is 4. The highest BCUT2D eigenvalue weighted by Crippen LogP contribution is 2.33. The molecule has 2 rings (SSSR count). The van der Waals surface area contributed by atoms with E-state index in [9.17, 15) is 14.5 Å². The molecule has 0 N–H and O–H groups in total. The molecule has 0 amide bonds. The first-order valence-electron chi connectivity index (χ1n) is 6.12. The molecule has 0 aromatic heterocycles. The van der Waals surface area contributed by atoms with Crippen LogP contribution in [0.1, 0.15) is 20.8 Å². The molecule has 110 valence electrons. The van der Waals surface area contributed by atoms with Gasteiger partial charge in [-0.1, -0.05) is 0 Å². The zero-order chi connectivity index (χ0) is 15.0. The molecular weight excluding hydrogens is 269 g/mol. The standard InChI is InChI=1S/C13H16FNO5/c1-12(2)19-8-13(3,20-12)7-18-11-6-9(14)4-5-10(11)15(16)17/h4-6H,7-8H2,1-3H3. The highest BCUT2D eigenvalue weighted by atomic mass is 19.1. The highest BCUT2D eigenvalue weighted by Gasteiger charge is 2.42. The molecule has 1 aromatic rings. The minimum atomic E-state index is -0.732. The van der Waals surface area contributed by atoms with Crippen LogP contribution < -0.4 is 4.74 Å². The van der Waals surface area contributed by atoms with E-state index >= 15 is 0 Å². The second kappa shape index (κ2) is 4.99. The molecule has 1 fully saturated rings. The Hall–Kier alpha value is -1.73. The summed E-state index contributed by atoms with van der Waals surface area (Å²) in [6.45, 7) is 5.63. The van der Waals surface area contributed by atoms with Gasteiger partial charge in [0.25, 0.3) is 0 Å². The Bertz CT molecular complexity index is 533. The third-order valence-corrected chi connectivity index (χ3v) is 2.87. The van der Waals surface area contributed by atoms with E-state index in [-0.39, 0.29) is 18.0 Å². The lowest BCUT2D eigenvalue weighted by atomic mass is 10.1. The van der Waals surface area contributed by atoms with Gasteiger partial charge < -0.3 is 14.2 Å². The van der Waals surface area contributed by atoms with E-state index < -0.39 is 22.1 Å². The van der Waals surface area contributed by atoms with Crippen molar-refractivity contribution >= 4 is 5.69 Å². The third kappa shape index (κ3) is 3.23. The van der Waals surface area contributed by atoms with Crippen LogP contribution in [-0.2, 0) is 9.47 Å². The smallest absolute Gasteiger partial charge is 0.311 e. The molecule has 1 aliphatic rings. The van der Waals surface area contributed by atoms with E-state index in [2.05, 4.69) is 0 Å². The predicted molar refractivity (Wildman–Crippen MR) is 68.1 cm³/mol. The van der Waals surface area contributed by atoms with Gasteiger partial charge in [-0.05, 0) is 26.8 Å². The summed E-state index contributed by atoms with van der Waals surface area (Å²) in [5.41, 5.74) is -1.02. The summed E-state index contributed by atoms with van der Waals surface area (Å²) < 4.78 is 29.7. The van der Waals surface area contributed by atoms with E-state index in [1.807, 2.05) is 0 Å². The van der Waals surface area contributed by atoms with Gasteiger partial charge in [0, 0.05) is 12.1 Å². The second-order valence-corrected chi connectivity index (χ2v) is 5.40. The van der Waals surface area contributed by atoms with Crippen molar-refractivity contribution in [1.29, 1.82) is 0 Å². The molecular formula is C13H16FNO5. The van der Waals surface area contributed by atoms with Gasteiger partial charge in [-0.3, -0.25) is 10.1 Å². The van der Waals surface area contributed by atoms with E-state index in [4.69, 9.17) is 14.2 Å². The molecule has 1 unspecified atom stereocenters. The van der Waals surface area contributed by atoms with Crippen molar-refractivity contribution in [1.82, 2.24) is 0 Å². The normalized spacial score (nSPS) is 24.6. The summed E-state index contributed by atoms with van der Waals surface area (Å²) in [5, 5.41) is 10.9. The fourth-order valence-corrected chi connectivity index (χ4v) is 2.03. The minimum absolute atomic E-state index is 0.0285. The van der Waals surface area contributed by atoms with Crippen LogP contribution in [0.4, 0.5) is 10.1 Å². The van der Waals surface area contributed by atoms with Crippen LogP contribution in [0.25, 0.3) is 0 Å². The average molecular weight is 285 g/mol. The van der Waals surface area contributed by atoms with Crippen LogP contribution in [0.3, 0.4) is 0 Å². The Morgan fingerprint density at radius 1 is 1.45 bits per heavy atom. The van der Waals surface area contributed by atoms with Crippen LogP contribution in [0.15, 0.2) is 18.2 Å². The molecule has 1 atom stereocenters. The second-order valence-electron chi connectivity index (χ2n) is 5.40. The zero-order valence-electron chi connectivity index (χ0n) is 11.5. The van der Waals surface area contributed by atoms with Crippen molar-refractivity contribution in [2.75, 3.05) is 13.2 Å². The molecule has 1 aromatic carbocycles. The predicted octanol–water partition coefficient (Wildman–Crippen LogP) is 2.65. The topological polar surface area (TPSA) is 70.8 Å². The Balaban J connectivity index is 2.11. The average Bonchev–Trinajstić information content (AvgIpc) is 2.61. The van der Waals surface area contributed by atoms with Gasteiger partial charge in [-0.2, -0.15) is 0 Å². The van der Waals surface area contributed by atoms with E-state index in [0.717, 1.165) is 18.2 Å².